The molecule has 4 nitrogen and oxygen atoms in total. The van der Waals surface area contributed by atoms with Crippen molar-refractivity contribution in [3.05, 3.63) is 29.6 Å². The molecular formula is C13H19FN2O2. The molecule has 0 aliphatic heterocycles. The van der Waals surface area contributed by atoms with Crippen LogP contribution < -0.4 is 5.32 Å². The summed E-state index contributed by atoms with van der Waals surface area (Å²) in [6.45, 7) is 5.61. The molecule has 0 unspecified atom stereocenters. The molecule has 0 fully saturated rings. The molecule has 0 heterocycles. The van der Waals surface area contributed by atoms with Crippen molar-refractivity contribution in [2.45, 2.75) is 26.8 Å². The quantitative estimate of drug-likeness (QED) is 0.866. The topological polar surface area (TPSA) is 52.6 Å². The summed E-state index contributed by atoms with van der Waals surface area (Å²) in [5, 5.41) is 11.5. The van der Waals surface area contributed by atoms with E-state index < -0.39 is 0 Å². The Labute approximate surface area is 106 Å². The fourth-order valence-electron chi connectivity index (χ4n) is 1.71. The number of aliphatic hydroxyl groups excluding tert-OH is 1. The first-order valence-corrected chi connectivity index (χ1v) is 5.89. The first kappa shape index (κ1) is 14.4. The molecule has 0 aliphatic carbocycles. The summed E-state index contributed by atoms with van der Waals surface area (Å²) >= 11 is 0. The van der Waals surface area contributed by atoms with Crippen LogP contribution in [0.5, 0.6) is 0 Å². The second kappa shape index (κ2) is 6.35. The minimum Gasteiger partial charge on any atom is -0.395 e. The Bertz CT molecular complexity index is 401. The van der Waals surface area contributed by atoms with Crippen LogP contribution in [0.4, 0.5) is 14.9 Å². The zero-order valence-corrected chi connectivity index (χ0v) is 10.9. The molecule has 18 heavy (non-hydrogen) atoms. The molecule has 0 radical (unpaired) electrons. The molecule has 1 aromatic rings. The van der Waals surface area contributed by atoms with Crippen LogP contribution in [-0.4, -0.2) is 35.2 Å². The second-order valence-electron chi connectivity index (χ2n) is 4.46. The van der Waals surface area contributed by atoms with E-state index in [1.165, 1.54) is 17.0 Å². The minimum absolute atomic E-state index is 0.0354. The van der Waals surface area contributed by atoms with Gasteiger partial charge in [0.15, 0.2) is 0 Å². The molecule has 0 saturated heterocycles. The molecule has 2 N–H and O–H groups in total. The van der Waals surface area contributed by atoms with Gasteiger partial charge in [0.25, 0.3) is 0 Å². The van der Waals surface area contributed by atoms with Crippen molar-refractivity contribution in [2.24, 2.45) is 0 Å². The molecule has 5 heteroatoms. The summed E-state index contributed by atoms with van der Waals surface area (Å²) in [4.78, 5) is 13.4. The summed E-state index contributed by atoms with van der Waals surface area (Å²) < 4.78 is 13.2. The van der Waals surface area contributed by atoms with E-state index in [4.69, 9.17) is 5.11 Å². The minimum atomic E-state index is -0.386. The van der Waals surface area contributed by atoms with Crippen molar-refractivity contribution in [1.82, 2.24) is 4.90 Å². The van der Waals surface area contributed by atoms with Crippen LogP contribution in [0.15, 0.2) is 18.2 Å². The maximum absolute atomic E-state index is 13.2. The van der Waals surface area contributed by atoms with E-state index in [9.17, 15) is 9.18 Å². The first-order chi connectivity index (χ1) is 8.43. The number of benzene rings is 1. The van der Waals surface area contributed by atoms with Gasteiger partial charge in [-0.2, -0.15) is 0 Å². The highest BCUT2D eigenvalue weighted by Gasteiger charge is 2.16. The third-order valence-electron chi connectivity index (χ3n) is 2.52. The SMILES string of the molecule is Cc1cc(F)cc(NC(=O)N(CCO)C(C)C)c1. The molecule has 1 rings (SSSR count). The molecule has 100 valence electrons. The zero-order chi connectivity index (χ0) is 13.7. The van der Waals surface area contributed by atoms with Gasteiger partial charge >= 0.3 is 6.03 Å². The fraction of sp³-hybridized carbons (Fsp3) is 0.462. The van der Waals surface area contributed by atoms with Gasteiger partial charge in [0.1, 0.15) is 5.82 Å². The number of carbonyl (C=O) groups excluding carboxylic acids is 1. The first-order valence-electron chi connectivity index (χ1n) is 5.89. The lowest BCUT2D eigenvalue weighted by Gasteiger charge is -2.26. The van der Waals surface area contributed by atoms with Crippen molar-refractivity contribution in [1.29, 1.82) is 0 Å². The van der Waals surface area contributed by atoms with E-state index in [0.29, 0.717) is 5.69 Å². The molecule has 0 spiro atoms. The highest BCUT2D eigenvalue weighted by Crippen LogP contribution is 2.14. The Morgan fingerprint density at radius 1 is 1.44 bits per heavy atom. The average molecular weight is 254 g/mol. The predicted octanol–water partition coefficient (Wildman–Crippen LogP) is 2.37. The number of anilines is 1. The van der Waals surface area contributed by atoms with E-state index in [-0.39, 0.29) is 31.0 Å². The van der Waals surface area contributed by atoms with Gasteiger partial charge in [0.05, 0.1) is 6.61 Å². The molecular weight excluding hydrogens is 235 g/mol. The molecule has 2 amide bonds. The van der Waals surface area contributed by atoms with Crippen molar-refractivity contribution in [2.75, 3.05) is 18.5 Å². The highest BCUT2D eigenvalue weighted by atomic mass is 19.1. The number of hydrogen-bond acceptors (Lipinski definition) is 2. The number of aryl methyl sites for hydroxylation is 1. The molecule has 0 saturated carbocycles. The lowest BCUT2D eigenvalue weighted by Crippen LogP contribution is -2.41. The normalized spacial score (nSPS) is 10.6. The molecule has 0 bridgehead atoms. The van der Waals surface area contributed by atoms with Crippen molar-refractivity contribution in [3.63, 3.8) is 0 Å². The Morgan fingerprint density at radius 2 is 2.11 bits per heavy atom. The largest absolute Gasteiger partial charge is 0.395 e. The van der Waals surface area contributed by atoms with Gasteiger partial charge in [-0.1, -0.05) is 0 Å². The lowest BCUT2D eigenvalue weighted by atomic mass is 10.2. The van der Waals surface area contributed by atoms with Gasteiger partial charge in [0.2, 0.25) is 0 Å². The Kier molecular flexibility index (Phi) is 5.09. The Morgan fingerprint density at radius 3 is 2.61 bits per heavy atom. The van der Waals surface area contributed by atoms with Crippen molar-refractivity contribution in [3.8, 4) is 0 Å². The van der Waals surface area contributed by atoms with E-state index >= 15 is 0 Å². The summed E-state index contributed by atoms with van der Waals surface area (Å²) in [6.07, 6.45) is 0. The zero-order valence-electron chi connectivity index (χ0n) is 10.9. The number of hydrogen-bond donors (Lipinski definition) is 2. The Balaban J connectivity index is 2.78. The van der Waals surface area contributed by atoms with Gasteiger partial charge in [0, 0.05) is 18.3 Å². The molecule has 1 aromatic carbocycles. The summed E-state index contributed by atoms with van der Waals surface area (Å²) in [7, 11) is 0. The molecule has 0 aromatic heterocycles. The second-order valence-corrected chi connectivity index (χ2v) is 4.46. The van der Waals surface area contributed by atoms with Crippen LogP contribution in [0.25, 0.3) is 0 Å². The van der Waals surface area contributed by atoms with Crippen LogP contribution in [0.3, 0.4) is 0 Å². The average Bonchev–Trinajstić information content (AvgIpc) is 2.23. The maximum atomic E-state index is 13.2. The number of rotatable bonds is 4. The monoisotopic (exact) mass is 254 g/mol. The number of carbonyl (C=O) groups is 1. The van der Waals surface area contributed by atoms with Crippen LogP contribution in [0.1, 0.15) is 19.4 Å². The Hall–Kier alpha value is -1.62. The number of nitrogens with zero attached hydrogens (tertiary/aromatic N) is 1. The number of amides is 2. The summed E-state index contributed by atoms with van der Waals surface area (Å²) in [5.41, 5.74) is 1.16. The molecule has 0 aliphatic rings. The lowest BCUT2D eigenvalue weighted by molar-refractivity contribution is 0.172. The van der Waals surface area contributed by atoms with E-state index in [2.05, 4.69) is 5.32 Å². The van der Waals surface area contributed by atoms with Crippen molar-refractivity contribution >= 4 is 11.7 Å². The van der Waals surface area contributed by atoms with Gasteiger partial charge in [-0.05, 0) is 44.5 Å². The molecule has 0 atom stereocenters. The maximum Gasteiger partial charge on any atom is 0.322 e. The van der Waals surface area contributed by atoms with Crippen molar-refractivity contribution < 1.29 is 14.3 Å². The van der Waals surface area contributed by atoms with Gasteiger partial charge < -0.3 is 15.3 Å². The summed E-state index contributed by atoms with van der Waals surface area (Å²) in [6, 6.07) is 3.97. The standard InChI is InChI=1S/C13H19FN2O2/c1-9(2)16(4-5-17)13(18)15-12-7-10(3)6-11(14)8-12/h6-9,17H,4-5H2,1-3H3,(H,15,18). The fourth-order valence-corrected chi connectivity index (χ4v) is 1.71. The number of aliphatic hydroxyl groups is 1. The van der Waals surface area contributed by atoms with E-state index in [1.54, 1.807) is 13.0 Å². The van der Waals surface area contributed by atoms with E-state index in [1.807, 2.05) is 13.8 Å². The van der Waals surface area contributed by atoms with Crippen LogP contribution in [0, 0.1) is 12.7 Å². The van der Waals surface area contributed by atoms with Gasteiger partial charge in [-0.15, -0.1) is 0 Å². The van der Waals surface area contributed by atoms with Gasteiger partial charge in [-0.3, -0.25) is 0 Å². The van der Waals surface area contributed by atoms with E-state index in [0.717, 1.165) is 5.56 Å². The predicted molar refractivity (Wildman–Crippen MR) is 69.1 cm³/mol. The summed E-state index contributed by atoms with van der Waals surface area (Å²) in [5.74, 6) is -0.386. The number of urea groups is 1. The van der Waals surface area contributed by atoms with Gasteiger partial charge in [-0.25, -0.2) is 9.18 Å². The smallest absolute Gasteiger partial charge is 0.322 e. The number of nitrogens with one attached hydrogen (secondary N) is 1. The third-order valence-corrected chi connectivity index (χ3v) is 2.52. The van der Waals surface area contributed by atoms with Crippen LogP contribution >= 0.6 is 0 Å². The van der Waals surface area contributed by atoms with Crippen LogP contribution in [-0.2, 0) is 0 Å². The van der Waals surface area contributed by atoms with Crippen LogP contribution in [0.2, 0.25) is 0 Å². The number of halogens is 1. The third kappa shape index (κ3) is 4.00. The highest BCUT2D eigenvalue weighted by molar-refractivity contribution is 5.89.